The molecule has 7 heteroatoms. The van der Waals surface area contributed by atoms with E-state index >= 15 is 0 Å². The van der Waals surface area contributed by atoms with Crippen molar-refractivity contribution in [1.82, 2.24) is 19.7 Å². The van der Waals surface area contributed by atoms with Crippen LogP contribution in [0, 0.1) is 0 Å². The summed E-state index contributed by atoms with van der Waals surface area (Å²) in [7, 11) is 1.97. The summed E-state index contributed by atoms with van der Waals surface area (Å²) >= 11 is 0. The van der Waals surface area contributed by atoms with Crippen molar-refractivity contribution in [3.8, 4) is 0 Å². The van der Waals surface area contributed by atoms with Gasteiger partial charge in [-0.15, -0.1) is 0 Å². The zero-order valence-corrected chi connectivity index (χ0v) is 17.2. The zero-order chi connectivity index (χ0) is 19.6. The number of aryl methyl sites for hydroxylation is 1. The van der Waals surface area contributed by atoms with Gasteiger partial charge in [-0.3, -0.25) is 4.68 Å². The second-order valence-electron chi connectivity index (χ2n) is 8.06. The molecule has 152 valence electrons. The van der Waals surface area contributed by atoms with Crippen molar-refractivity contribution in [1.29, 1.82) is 0 Å². The lowest BCUT2D eigenvalue weighted by molar-refractivity contribution is 0.647. The quantitative estimate of drug-likeness (QED) is 0.684. The molecule has 0 unspecified atom stereocenters. The molecular formula is C22H29N7. The van der Waals surface area contributed by atoms with E-state index in [1.807, 2.05) is 17.9 Å². The average molecular weight is 392 g/mol. The molecule has 0 spiro atoms. The first kappa shape index (κ1) is 18.2. The fourth-order valence-corrected chi connectivity index (χ4v) is 4.46. The van der Waals surface area contributed by atoms with Crippen LogP contribution in [-0.2, 0) is 7.05 Å². The maximum atomic E-state index is 5.07. The predicted molar refractivity (Wildman–Crippen MR) is 118 cm³/mol. The van der Waals surface area contributed by atoms with E-state index < -0.39 is 0 Å². The molecule has 0 atom stereocenters. The molecule has 2 saturated heterocycles. The normalized spacial score (nSPS) is 18.3. The molecular weight excluding hydrogens is 362 g/mol. The first-order valence-electron chi connectivity index (χ1n) is 10.8. The largest absolute Gasteiger partial charge is 0.368 e. The number of aromatic nitrogens is 4. The average Bonchev–Trinajstić information content (AvgIpc) is 2.98. The van der Waals surface area contributed by atoms with Crippen LogP contribution in [0.5, 0.6) is 0 Å². The molecule has 3 aromatic rings. The lowest BCUT2D eigenvalue weighted by Crippen LogP contribution is -2.47. The van der Waals surface area contributed by atoms with E-state index in [0.717, 1.165) is 62.1 Å². The van der Waals surface area contributed by atoms with E-state index in [1.165, 1.54) is 31.4 Å². The second-order valence-corrected chi connectivity index (χ2v) is 8.06. The fourth-order valence-electron chi connectivity index (χ4n) is 4.46. The summed E-state index contributed by atoms with van der Waals surface area (Å²) in [6, 6.07) is 10.7. The van der Waals surface area contributed by atoms with Crippen molar-refractivity contribution in [3.63, 3.8) is 0 Å². The van der Waals surface area contributed by atoms with Crippen LogP contribution in [-0.4, -0.2) is 59.0 Å². The van der Waals surface area contributed by atoms with E-state index in [9.17, 15) is 0 Å². The van der Waals surface area contributed by atoms with Crippen LogP contribution < -0.4 is 14.7 Å². The number of para-hydroxylation sites is 1. The summed E-state index contributed by atoms with van der Waals surface area (Å²) in [5, 5.41) is 5.53. The third kappa shape index (κ3) is 3.61. The highest BCUT2D eigenvalue weighted by molar-refractivity contribution is 5.88. The Morgan fingerprint density at radius 1 is 0.724 bits per heavy atom. The SMILES string of the molecule is Cn1ncc2c(N3CCN(c4ccccc4)CC3)nc(N3CCCCCC3)nc21. The van der Waals surface area contributed by atoms with Crippen LogP contribution in [0.3, 0.4) is 0 Å². The number of hydrogen-bond acceptors (Lipinski definition) is 6. The number of nitrogens with zero attached hydrogens (tertiary/aromatic N) is 7. The number of benzene rings is 1. The van der Waals surface area contributed by atoms with Gasteiger partial charge in [0, 0.05) is 52.0 Å². The highest BCUT2D eigenvalue weighted by atomic mass is 15.4. The van der Waals surface area contributed by atoms with Crippen molar-refractivity contribution < 1.29 is 0 Å². The summed E-state index contributed by atoms with van der Waals surface area (Å²) in [6.45, 7) is 5.99. The Morgan fingerprint density at radius 2 is 1.41 bits per heavy atom. The van der Waals surface area contributed by atoms with Crippen LogP contribution >= 0.6 is 0 Å². The van der Waals surface area contributed by atoms with Crippen molar-refractivity contribution >= 4 is 28.5 Å². The van der Waals surface area contributed by atoms with Gasteiger partial charge in [0.2, 0.25) is 5.95 Å². The van der Waals surface area contributed by atoms with Gasteiger partial charge < -0.3 is 14.7 Å². The third-order valence-corrected chi connectivity index (χ3v) is 6.15. The Bertz CT molecular complexity index is 952. The van der Waals surface area contributed by atoms with Gasteiger partial charge in [-0.2, -0.15) is 15.1 Å². The number of anilines is 3. The second kappa shape index (κ2) is 7.89. The smallest absolute Gasteiger partial charge is 0.229 e. The van der Waals surface area contributed by atoms with Gasteiger partial charge in [0.1, 0.15) is 5.82 Å². The van der Waals surface area contributed by atoms with E-state index in [0.29, 0.717) is 0 Å². The molecule has 4 heterocycles. The summed E-state index contributed by atoms with van der Waals surface area (Å²) in [5.41, 5.74) is 2.23. The van der Waals surface area contributed by atoms with Gasteiger partial charge >= 0.3 is 0 Å². The van der Waals surface area contributed by atoms with Gasteiger partial charge in [-0.25, -0.2) is 0 Å². The molecule has 1 aromatic carbocycles. The first-order chi connectivity index (χ1) is 14.3. The molecule has 2 aliphatic heterocycles. The molecule has 0 aliphatic carbocycles. The van der Waals surface area contributed by atoms with Crippen LogP contribution in [0.2, 0.25) is 0 Å². The summed E-state index contributed by atoms with van der Waals surface area (Å²) in [6.07, 6.45) is 6.97. The highest BCUT2D eigenvalue weighted by Gasteiger charge is 2.24. The minimum Gasteiger partial charge on any atom is -0.368 e. The van der Waals surface area contributed by atoms with Gasteiger partial charge in [0.25, 0.3) is 0 Å². The number of fused-ring (bicyclic) bond motifs is 1. The lowest BCUT2D eigenvalue weighted by Gasteiger charge is -2.37. The number of hydrogen-bond donors (Lipinski definition) is 0. The van der Waals surface area contributed by atoms with Gasteiger partial charge in [-0.1, -0.05) is 31.0 Å². The Hall–Kier alpha value is -2.83. The lowest BCUT2D eigenvalue weighted by atomic mass is 10.2. The topological polar surface area (TPSA) is 53.3 Å². The Balaban J connectivity index is 1.43. The monoisotopic (exact) mass is 391 g/mol. The molecule has 2 aliphatic rings. The van der Waals surface area contributed by atoms with Crippen LogP contribution in [0.25, 0.3) is 11.0 Å². The first-order valence-corrected chi connectivity index (χ1v) is 10.8. The fraction of sp³-hybridized carbons (Fsp3) is 0.500. The molecule has 2 fully saturated rings. The molecule has 0 radical (unpaired) electrons. The molecule has 29 heavy (non-hydrogen) atoms. The molecule has 0 saturated carbocycles. The Morgan fingerprint density at radius 3 is 2.14 bits per heavy atom. The molecule has 0 N–H and O–H groups in total. The molecule has 7 nitrogen and oxygen atoms in total. The molecule has 2 aromatic heterocycles. The van der Waals surface area contributed by atoms with Gasteiger partial charge in [0.15, 0.2) is 5.65 Å². The van der Waals surface area contributed by atoms with Crippen molar-refractivity contribution in [2.24, 2.45) is 7.05 Å². The maximum absolute atomic E-state index is 5.07. The number of piperazine rings is 1. The number of rotatable bonds is 3. The van der Waals surface area contributed by atoms with E-state index in [2.05, 4.69) is 50.1 Å². The van der Waals surface area contributed by atoms with Crippen molar-refractivity contribution in [3.05, 3.63) is 36.5 Å². The van der Waals surface area contributed by atoms with Crippen LogP contribution in [0.15, 0.2) is 36.5 Å². The third-order valence-electron chi connectivity index (χ3n) is 6.15. The van der Waals surface area contributed by atoms with E-state index in [-0.39, 0.29) is 0 Å². The minimum atomic E-state index is 0.864. The zero-order valence-electron chi connectivity index (χ0n) is 17.2. The van der Waals surface area contributed by atoms with Gasteiger partial charge in [0.05, 0.1) is 11.6 Å². The highest BCUT2D eigenvalue weighted by Crippen LogP contribution is 2.29. The predicted octanol–water partition coefficient (Wildman–Crippen LogP) is 3.07. The minimum absolute atomic E-state index is 0.864. The molecule has 0 bridgehead atoms. The summed E-state index contributed by atoms with van der Waals surface area (Å²) < 4.78 is 1.88. The molecule has 0 amide bonds. The van der Waals surface area contributed by atoms with Gasteiger partial charge in [-0.05, 0) is 25.0 Å². The standard InChI is InChI=1S/C22H29N7/c1-26-20-19(17-23-26)21(25-22(24-20)29-11-7-2-3-8-12-29)28-15-13-27(14-16-28)18-9-5-4-6-10-18/h4-6,9-10,17H,2-3,7-8,11-16H2,1H3. The molecule has 5 rings (SSSR count). The van der Waals surface area contributed by atoms with E-state index in [1.54, 1.807) is 0 Å². The Labute approximate surface area is 171 Å². The Kier molecular flexibility index (Phi) is 4.96. The van der Waals surface area contributed by atoms with Crippen LogP contribution in [0.1, 0.15) is 25.7 Å². The maximum Gasteiger partial charge on any atom is 0.229 e. The van der Waals surface area contributed by atoms with Crippen molar-refractivity contribution in [2.45, 2.75) is 25.7 Å². The summed E-state index contributed by atoms with van der Waals surface area (Å²) in [4.78, 5) is 17.2. The summed E-state index contributed by atoms with van der Waals surface area (Å²) in [5.74, 6) is 1.90. The van der Waals surface area contributed by atoms with Crippen LogP contribution in [0.4, 0.5) is 17.5 Å². The van der Waals surface area contributed by atoms with Crippen molar-refractivity contribution in [2.75, 3.05) is 54.0 Å². The van der Waals surface area contributed by atoms with E-state index in [4.69, 9.17) is 9.97 Å².